The number of alkyl halides is 1. The molecule has 0 saturated carbocycles. The zero-order valence-electron chi connectivity index (χ0n) is 9.06. The highest BCUT2D eigenvalue weighted by Gasteiger charge is 2.34. The third-order valence-corrected chi connectivity index (χ3v) is 3.54. The predicted molar refractivity (Wildman–Crippen MR) is 69.9 cm³/mol. The number of carbonyl (C=O) groups excluding carboxylic acids is 1. The Balaban J connectivity index is 2.30. The molecule has 0 spiro atoms. The van der Waals surface area contributed by atoms with Gasteiger partial charge >= 0.3 is 0 Å². The Morgan fingerprint density at radius 3 is 2.56 bits per heavy atom. The van der Waals surface area contributed by atoms with E-state index in [4.69, 9.17) is 0 Å². The minimum absolute atomic E-state index is 0.139. The smallest absolute Gasteiger partial charge is 0.171 e. The third kappa shape index (κ3) is 2.17. The molecule has 1 aromatic rings. The van der Waals surface area contributed by atoms with Gasteiger partial charge in [0.15, 0.2) is 5.78 Å². The molecule has 1 aromatic carbocycles. The van der Waals surface area contributed by atoms with Gasteiger partial charge in [-0.1, -0.05) is 70.6 Å². The lowest BCUT2D eigenvalue weighted by molar-refractivity contribution is 0.0935. The van der Waals surface area contributed by atoms with Crippen LogP contribution in [0.15, 0.2) is 54.6 Å². The van der Waals surface area contributed by atoms with Crippen molar-refractivity contribution >= 4 is 21.7 Å². The van der Waals surface area contributed by atoms with Crippen LogP contribution >= 0.6 is 15.9 Å². The summed E-state index contributed by atoms with van der Waals surface area (Å²) in [5, 5.41) is 0. The average Bonchev–Trinajstić information content (AvgIpc) is 2.29. The maximum atomic E-state index is 12.3. The summed E-state index contributed by atoms with van der Waals surface area (Å²) in [6, 6.07) is 9.41. The second kappa shape index (κ2) is 4.38. The molecule has 82 valence electrons. The second-order valence-corrected chi connectivity index (χ2v) is 5.81. The predicted octanol–water partition coefficient (Wildman–Crippen LogP) is 3.77. The van der Waals surface area contributed by atoms with Crippen LogP contribution in [0.3, 0.4) is 0 Å². The Morgan fingerprint density at radius 2 is 1.94 bits per heavy atom. The van der Waals surface area contributed by atoms with Crippen molar-refractivity contribution in [1.82, 2.24) is 0 Å². The van der Waals surface area contributed by atoms with E-state index in [0.29, 0.717) is 0 Å². The van der Waals surface area contributed by atoms with Crippen LogP contribution in [-0.4, -0.2) is 10.1 Å². The number of hydrogen-bond acceptors (Lipinski definition) is 1. The molecule has 0 radical (unpaired) electrons. The van der Waals surface area contributed by atoms with Gasteiger partial charge in [-0.25, -0.2) is 0 Å². The van der Waals surface area contributed by atoms with Crippen LogP contribution in [0.25, 0.3) is 0 Å². The summed E-state index contributed by atoms with van der Waals surface area (Å²) in [6.45, 7) is 2.01. The first-order chi connectivity index (χ1) is 7.61. The van der Waals surface area contributed by atoms with E-state index < -0.39 is 0 Å². The van der Waals surface area contributed by atoms with Gasteiger partial charge in [0.25, 0.3) is 0 Å². The van der Waals surface area contributed by atoms with Gasteiger partial charge in [-0.3, -0.25) is 4.79 Å². The molecule has 1 aliphatic rings. The van der Waals surface area contributed by atoms with Crippen LogP contribution in [0, 0.1) is 5.92 Å². The lowest BCUT2D eigenvalue weighted by Gasteiger charge is -2.28. The van der Waals surface area contributed by atoms with E-state index in [2.05, 4.69) is 15.9 Å². The largest absolute Gasteiger partial charge is 0.293 e. The number of Topliss-reactive ketones (excluding diaryl/α,β-unsaturated/α-hetero) is 1. The second-order valence-electron chi connectivity index (χ2n) is 4.10. The first-order valence-corrected chi connectivity index (χ1v) is 6.05. The molecule has 0 bridgehead atoms. The van der Waals surface area contributed by atoms with E-state index in [9.17, 15) is 4.79 Å². The third-order valence-electron chi connectivity index (χ3n) is 2.79. The van der Waals surface area contributed by atoms with Gasteiger partial charge in [0.2, 0.25) is 0 Å². The molecule has 0 amide bonds. The van der Waals surface area contributed by atoms with Crippen LogP contribution in [0.2, 0.25) is 0 Å². The highest BCUT2D eigenvalue weighted by Crippen LogP contribution is 2.34. The molecule has 0 N–H and O–H groups in total. The quantitative estimate of drug-likeness (QED) is 0.594. The molecule has 2 rings (SSSR count). The molecular weight excluding hydrogens is 264 g/mol. The van der Waals surface area contributed by atoms with Crippen molar-refractivity contribution in [2.45, 2.75) is 11.2 Å². The minimum Gasteiger partial charge on any atom is -0.293 e. The number of carbonyl (C=O) groups is 1. The number of allylic oxidation sites excluding steroid dienone is 4. The van der Waals surface area contributed by atoms with E-state index in [1.165, 1.54) is 0 Å². The van der Waals surface area contributed by atoms with Crippen LogP contribution in [0.5, 0.6) is 0 Å². The van der Waals surface area contributed by atoms with Gasteiger partial charge < -0.3 is 0 Å². The van der Waals surface area contributed by atoms with Crippen molar-refractivity contribution in [1.29, 1.82) is 0 Å². The van der Waals surface area contributed by atoms with E-state index in [-0.39, 0.29) is 16.0 Å². The highest BCUT2D eigenvalue weighted by molar-refractivity contribution is 9.10. The molecule has 1 nitrogen and oxygen atoms in total. The number of halogens is 1. The fourth-order valence-corrected chi connectivity index (χ4v) is 2.35. The first-order valence-electron chi connectivity index (χ1n) is 5.25. The molecule has 2 unspecified atom stereocenters. The molecule has 0 fully saturated rings. The Morgan fingerprint density at radius 1 is 1.25 bits per heavy atom. The standard InChI is InChI=1S/C14H13BrO/c1-14(15)10-6-5-9-12(14)13(16)11-7-3-2-4-8-11/h2-10,12H,1H3. The van der Waals surface area contributed by atoms with Gasteiger partial charge in [0.05, 0.1) is 10.2 Å². The van der Waals surface area contributed by atoms with Crippen LogP contribution in [0.4, 0.5) is 0 Å². The van der Waals surface area contributed by atoms with Crippen molar-refractivity contribution in [3.8, 4) is 0 Å². The minimum atomic E-state index is -0.283. The van der Waals surface area contributed by atoms with Gasteiger partial charge in [0, 0.05) is 5.56 Å². The van der Waals surface area contributed by atoms with Crippen LogP contribution in [0.1, 0.15) is 17.3 Å². The summed E-state index contributed by atoms with van der Waals surface area (Å²) in [7, 11) is 0. The number of ketones is 1. The van der Waals surface area contributed by atoms with Crippen molar-refractivity contribution in [3.63, 3.8) is 0 Å². The summed E-state index contributed by atoms with van der Waals surface area (Å²) >= 11 is 3.60. The zero-order chi connectivity index (χ0) is 11.6. The van der Waals surface area contributed by atoms with E-state index in [1.54, 1.807) is 0 Å². The van der Waals surface area contributed by atoms with Gasteiger partial charge in [-0.2, -0.15) is 0 Å². The SMILES string of the molecule is CC1(Br)C=CC=CC1C(=O)c1ccccc1. The molecule has 16 heavy (non-hydrogen) atoms. The molecular formula is C14H13BrO. The Hall–Kier alpha value is -1.15. The Labute approximate surface area is 104 Å². The average molecular weight is 277 g/mol. The fraction of sp³-hybridized carbons (Fsp3) is 0.214. The highest BCUT2D eigenvalue weighted by atomic mass is 79.9. The van der Waals surface area contributed by atoms with Crippen LogP contribution in [-0.2, 0) is 0 Å². The maximum absolute atomic E-state index is 12.3. The maximum Gasteiger partial charge on any atom is 0.171 e. The molecule has 0 heterocycles. The van der Waals surface area contributed by atoms with Gasteiger partial charge in [0.1, 0.15) is 0 Å². The molecule has 1 aliphatic carbocycles. The van der Waals surface area contributed by atoms with Crippen molar-refractivity contribution in [2.75, 3.05) is 0 Å². The molecule has 0 aromatic heterocycles. The fourth-order valence-electron chi connectivity index (χ4n) is 1.84. The summed E-state index contributed by atoms with van der Waals surface area (Å²) < 4.78 is -0.283. The monoisotopic (exact) mass is 276 g/mol. The number of benzene rings is 1. The molecule has 2 atom stereocenters. The van der Waals surface area contributed by atoms with Crippen molar-refractivity contribution in [2.24, 2.45) is 5.92 Å². The lowest BCUT2D eigenvalue weighted by atomic mass is 9.84. The Bertz CT molecular complexity index is 443. The molecule has 2 heteroatoms. The lowest BCUT2D eigenvalue weighted by Crippen LogP contribution is -2.32. The topological polar surface area (TPSA) is 17.1 Å². The summed E-state index contributed by atoms with van der Waals surface area (Å²) in [6.07, 6.45) is 7.85. The number of hydrogen-bond donors (Lipinski definition) is 0. The Kier molecular flexibility index (Phi) is 3.10. The summed E-state index contributed by atoms with van der Waals surface area (Å²) in [5.41, 5.74) is 0.762. The summed E-state index contributed by atoms with van der Waals surface area (Å²) in [4.78, 5) is 12.3. The molecule has 0 saturated heterocycles. The van der Waals surface area contributed by atoms with Crippen LogP contribution < -0.4 is 0 Å². The van der Waals surface area contributed by atoms with Gasteiger partial charge in [-0.15, -0.1) is 0 Å². The number of rotatable bonds is 2. The van der Waals surface area contributed by atoms with Crippen molar-refractivity contribution < 1.29 is 4.79 Å². The van der Waals surface area contributed by atoms with E-state index in [0.717, 1.165) is 5.56 Å². The van der Waals surface area contributed by atoms with E-state index in [1.807, 2.05) is 61.6 Å². The van der Waals surface area contributed by atoms with Gasteiger partial charge in [-0.05, 0) is 6.92 Å². The molecule has 0 aliphatic heterocycles. The van der Waals surface area contributed by atoms with E-state index >= 15 is 0 Å². The summed E-state index contributed by atoms with van der Waals surface area (Å²) in [5.74, 6) is 0.0143. The zero-order valence-corrected chi connectivity index (χ0v) is 10.6. The van der Waals surface area contributed by atoms with Crippen molar-refractivity contribution in [3.05, 3.63) is 60.2 Å². The first kappa shape index (κ1) is 11.3. The normalized spacial score (nSPS) is 28.0.